The minimum absolute atomic E-state index is 0. The molecule has 0 bridgehead atoms. The number of aliphatic carboxylic acids is 3. The molecular weight excluding hydrogens is 228 g/mol. The van der Waals surface area contributed by atoms with Gasteiger partial charge in [0.1, 0.15) is 5.60 Å². The fourth-order valence-electron chi connectivity index (χ4n) is 0.684. The molecule has 0 spiro atoms. The number of quaternary nitrogens is 1. The molecule has 0 saturated heterocycles. The van der Waals surface area contributed by atoms with Crippen LogP contribution in [0.15, 0.2) is 0 Å². The maximum absolute atomic E-state index is 10.1. The molecule has 10 heteroatoms. The Morgan fingerprint density at radius 1 is 1.00 bits per heavy atom. The van der Waals surface area contributed by atoms with Gasteiger partial charge in [0.2, 0.25) is 0 Å². The quantitative estimate of drug-likeness (QED) is 0.445. The van der Waals surface area contributed by atoms with Gasteiger partial charge in [-0.2, -0.15) is 0 Å². The Kier molecular flexibility index (Phi) is 15.8. The summed E-state index contributed by atoms with van der Waals surface area (Å²) in [6.07, 6.45) is -2.72. The molecule has 0 aromatic carbocycles. The smallest absolute Gasteiger partial charge is 0.550 e. The van der Waals surface area contributed by atoms with Gasteiger partial charge in [0.15, 0.2) is 0 Å². The average molecular weight is 237 g/mol. The van der Waals surface area contributed by atoms with Crippen LogP contribution in [0, 0.1) is 0 Å². The first kappa shape index (κ1) is 24.9. The van der Waals surface area contributed by atoms with Crippen molar-refractivity contribution in [1.29, 1.82) is 0 Å². The molecule has 0 aliphatic carbocycles. The molecule has 5 N–H and O–H groups in total. The summed E-state index contributed by atoms with van der Waals surface area (Å²) in [6, 6.07) is 0. The summed E-state index contributed by atoms with van der Waals surface area (Å²) in [5.41, 5.74) is -2.97. The number of hydrogen-bond acceptors (Lipinski definition) is 7. The van der Waals surface area contributed by atoms with E-state index in [0.29, 0.717) is 0 Å². The molecule has 0 aliphatic heterocycles. The zero-order valence-electron chi connectivity index (χ0n) is 9.31. The first-order valence-electron chi connectivity index (χ1n) is 3.11. The number of carbonyl (C=O) groups excluding carboxylic acids is 3. The molecule has 0 aromatic rings. The van der Waals surface area contributed by atoms with Gasteiger partial charge >= 0.3 is 48.4 Å². The molecule has 0 amide bonds. The van der Waals surface area contributed by atoms with Gasteiger partial charge in [0.25, 0.3) is 0 Å². The largest absolute Gasteiger partial charge is 1.00 e. The number of carboxylic acid groups (broad SMARTS) is 3. The van der Waals surface area contributed by atoms with E-state index in [1.165, 1.54) is 0 Å². The molecule has 0 aromatic heterocycles. The zero-order chi connectivity index (χ0) is 10.6. The minimum atomic E-state index is -2.97. The summed E-state index contributed by atoms with van der Waals surface area (Å²) < 4.78 is 0. The Balaban J connectivity index is -0.000000240. The third kappa shape index (κ3) is 9.17. The summed E-state index contributed by atoms with van der Waals surface area (Å²) >= 11 is 0. The van der Waals surface area contributed by atoms with Gasteiger partial charge in [-0.15, -0.1) is 0 Å². The second-order valence-electron chi connectivity index (χ2n) is 2.42. The van der Waals surface area contributed by atoms with E-state index < -0.39 is 36.4 Å². The van der Waals surface area contributed by atoms with Gasteiger partial charge < -0.3 is 41.0 Å². The predicted molar refractivity (Wildman–Crippen MR) is 35.2 cm³/mol. The third-order valence-electron chi connectivity index (χ3n) is 1.25. The summed E-state index contributed by atoms with van der Waals surface area (Å²) in [5, 5.41) is 38.9. The Morgan fingerprint density at radius 2 is 1.25 bits per heavy atom. The van der Waals surface area contributed by atoms with Crippen molar-refractivity contribution in [2.24, 2.45) is 0 Å². The Bertz CT molecular complexity index is 243. The summed E-state index contributed by atoms with van der Waals surface area (Å²) in [7, 11) is 0. The van der Waals surface area contributed by atoms with Crippen LogP contribution in [0.2, 0.25) is 0 Å². The number of rotatable bonds is 5. The first-order chi connectivity index (χ1) is 5.78. The van der Waals surface area contributed by atoms with Crippen LogP contribution in [-0.4, -0.2) is 28.6 Å². The summed E-state index contributed by atoms with van der Waals surface area (Å²) in [4.78, 5) is 30.0. The molecule has 0 saturated carbocycles. The molecular formula is C6H9LiNNaO7. The number of hydrogen-bond donors (Lipinski definition) is 2. The van der Waals surface area contributed by atoms with Gasteiger partial charge in [-0.1, -0.05) is 0 Å². The predicted octanol–water partition coefficient (Wildman–Crippen LogP) is -10.9. The molecule has 16 heavy (non-hydrogen) atoms. The van der Waals surface area contributed by atoms with Gasteiger partial charge in [0.05, 0.1) is 5.97 Å². The van der Waals surface area contributed by atoms with Crippen molar-refractivity contribution < 1.29 is 83.2 Å². The Labute approximate surface area is 125 Å². The fraction of sp³-hybridized carbons (Fsp3) is 0.500. The van der Waals surface area contributed by atoms with E-state index >= 15 is 0 Å². The topological polar surface area (TPSA) is 177 Å². The molecule has 0 aliphatic rings. The van der Waals surface area contributed by atoms with E-state index in [1.807, 2.05) is 0 Å². The molecule has 0 fully saturated rings. The molecule has 0 rings (SSSR count). The second kappa shape index (κ2) is 10.1. The van der Waals surface area contributed by atoms with Crippen molar-refractivity contribution in [3.05, 3.63) is 0 Å². The Morgan fingerprint density at radius 3 is 1.38 bits per heavy atom. The third-order valence-corrected chi connectivity index (χ3v) is 1.25. The van der Waals surface area contributed by atoms with Gasteiger partial charge in [-0.25, -0.2) is 0 Å². The zero-order valence-corrected chi connectivity index (χ0v) is 11.3. The van der Waals surface area contributed by atoms with Gasteiger partial charge in [-0.05, 0) is 0 Å². The van der Waals surface area contributed by atoms with E-state index in [9.17, 15) is 29.7 Å². The molecule has 0 unspecified atom stereocenters. The van der Waals surface area contributed by atoms with Crippen LogP contribution in [0.25, 0.3) is 0 Å². The van der Waals surface area contributed by atoms with Crippen LogP contribution < -0.4 is 69.9 Å². The fourth-order valence-corrected chi connectivity index (χ4v) is 0.684. The molecule has 82 valence electrons. The SMILES string of the molecule is O=C([O-])CC(O)(CC(=O)[O-])C(=O)[O-].[Li+].[NH4+].[Na+]. The van der Waals surface area contributed by atoms with Crippen LogP contribution in [0.5, 0.6) is 0 Å². The van der Waals surface area contributed by atoms with Crippen LogP contribution in [-0.2, 0) is 14.4 Å². The molecule has 0 atom stereocenters. The summed E-state index contributed by atoms with van der Waals surface area (Å²) in [5.74, 6) is -5.98. The van der Waals surface area contributed by atoms with Crippen LogP contribution in [0.1, 0.15) is 12.8 Å². The van der Waals surface area contributed by atoms with E-state index in [4.69, 9.17) is 5.11 Å². The van der Waals surface area contributed by atoms with Crippen LogP contribution in [0.3, 0.4) is 0 Å². The van der Waals surface area contributed by atoms with E-state index in [1.54, 1.807) is 0 Å². The maximum Gasteiger partial charge on any atom is 1.00 e. The summed E-state index contributed by atoms with van der Waals surface area (Å²) in [6.45, 7) is 0. The van der Waals surface area contributed by atoms with Gasteiger partial charge in [-0.3, -0.25) is 0 Å². The van der Waals surface area contributed by atoms with Crippen LogP contribution in [0.4, 0.5) is 0 Å². The average Bonchev–Trinajstić information content (AvgIpc) is 1.82. The van der Waals surface area contributed by atoms with Gasteiger partial charge in [0, 0.05) is 24.8 Å². The first-order valence-corrected chi connectivity index (χ1v) is 3.11. The Hall–Kier alpha value is -0.0726. The number of carbonyl (C=O) groups is 3. The maximum atomic E-state index is 10.1. The molecule has 8 nitrogen and oxygen atoms in total. The van der Waals surface area contributed by atoms with E-state index in [2.05, 4.69) is 0 Å². The number of aliphatic hydroxyl groups is 1. The van der Waals surface area contributed by atoms with Crippen molar-refractivity contribution in [3.63, 3.8) is 0 Å². The van der Waals surface area contributed by atoms with Crippen molar-refractivity contribution in [2.75, 3.05) is 0 Å². The van der Waals surface area contributed by atoms with Crippen molar-refractivity contribution in [3.8, 4) is 0 Å². The molecule has 0 radical (unpaired) electrons. The van der Waals surface area contributed by atoms with Crippen molar-refractivity contribution in [2.45, 2.75) is 18.4 Å². The second-order valence-corrected chi connectivity index (χ2v) is 2.42. The van der Waals surface area contributed by atoms with E-state index in [0.717, 1.165) is 0 Å². The molecule has 0 heterocycles. The van der Waals surface area contributed by atoms with Crippen LogP contribution >= 0.6 is 0 Å². The standard InChI is InChI=1S/C6H8O7.Li.H3N.Na/c7-3(8)1-6(13,5(11)12)2-4(9)10;;;/h13H,1-2H2,(H,7,8)(H,9,10)(H,11,12);;1H3;/q;+1;;+1/p-2. The van der Waals surface area contributed by atoms with Crippen molar-refractivity contribution in [1.82, 2.24) is 6.15 Å². The number of carboxylic acids is 3. The minimum Gasteiger partial charge on any atom is -0.550 e. The monoisotopic (exact) mass is 237 g/mol. The normalized spacial score (nSPS) is 8.81. The van der Waals surface area contributed by atoms with Crippen molar-refractivity contribution >= 4 is 17.9 Å². The van der Waals surface area contributed by atoms with E-state index in [-0.39, 0.29) is 54.6 Å².